The Morgan fingerprint density at radius 2 is 2.15 bits per heavy atom. The molecular formula is C17H14ClN3O5S. The number of amides is 1. The summed E-state index contributed by atoms with van der Waals surface area (Å²) in [5, 5.41) is 13.9. The van der Waals surface area contributed by atoms with E-state index in [4.69, 9.17) is 20.8 Å². The molecular weight excluding hydrogens is 394 g/mol. The monoisotopic (exact) mass is 407 g/mol. The van der Waals surface area contributed by atoms with E-state index < -0.39 is 10.2 Å². The van der Waals surface area contributed by atoms with Crippen LogP contribution in [0.2, 0.25) is 5.02 Å². The second kappa shape index (κ2) is 7.85. The van der Waals surface area contributed by atoms with Crippen molar-refractivity contribution >= 4 is 51.7 Å². The molecule has 10 heteroatoms. The number of carbonyl (C=O) groups is 1. The zero-order valence-electron chi connectivity index (χ0n) is 14.3. The predicted octanol–water partition coefficient (Wildman–Crippen LogP) is 4.52. The van der Waals surface area contributed by atoms with Gasteiger partial charge in [0.2, 0.25) is 5.91 Å². The number of rotatable bonds is 6. The third-order valence-corrected chi connectivity index (χ3v) is 4.81. The van der Waals surface area contributed by atoms with Gasteiger partial charge in [-0.05, 0) is 25.1 Å². The number of ether oxygens (including phenoxy) is 1. The van der Waals surface area contributed by atoms with Gasteiger partial charge in [-0.1, -0.05) is 23.4 Å². The summed E-state index contributed by atoms with van der Waals surface area (Å²) in [7, 11) is 1.37. The van der Waals surface area contributed by atoms with Crippen LogP contribution in [0, 0.1) is 10.1 Å². The van der Waals surface area contributed by atoms with E-state index in [1.165, 1.54) is 25.3 Å². The molecule has 0 saturated heterocycles. The number of anilines is 1. The highest BCUT2D eigenvalue weighted by atomic mass is 35.5. The Labute approximate surface area is 163 Å². The van der Waals surface area contributed by atoms with Crippen LogP contribution in [0.4, 0.5) is 11.4 Å². The highest BCUT2D eigenvalue weighted by Crippen LogP contribution is 2.31. The molecule has 0 unspecified atom stereocenters. The molecule has 8 nitrogen and oxygen atoms in total. The van der Waals surface area contributed by atoms with Gasteiger partial charge in [0.25, 0.3) is 10.9 Å². The van der Waals surface area contributed by atoms with E-state index in [0.29, 0.717) is 27.0 Å². The molecule has 0 saturated carbocycles. The van der Waals surface area contributed by atoms with E-state index in [1.54, 1.807) is 25.1 Å². The van der Waals surface area contributed by atoms with Crippen LogP contribution in [0.1, 0.15) is 6.92 Å². The van der Waals surface area contributed by atoms with E-state index in [-0.39, 0.29) is 17.3 Å². The van der Waals surface area contributed by atoms with Crippen molar-refractivity contribution in [1.82, 2.24) is 4.98 Å². The first-order chi connectivity index (χ1) is 12.9. The molecule has 3 rings (SSSR count). The molecule has 0 aliphatic carbocycles. The first-order valence-electron chi connectivity index (χ1n) is 7.73. The lowest BCUT2D eigenvalue weighted by molar-refractivity contribution is -0.384. The van der Waals surface area contributed by atoms with Crippen molar-refractivity contribution in [3.8, 4) is 5.75 Å². The van der Waals surface area contributed by atoms with E-state index in [0.717, 1.165) is 11.8 Å². The van der Waals surface area contributed by atoms with Gasteiger partial charge in [0.1, 0.15) is 11.3 Å². The van der Waals surface area contributed by atoms with E-state index in [9.17, 15) is 14.9 Å². The standard InChI is InChI=1S/C17H14ClN3O5S/c1-9(27-17-20-13-5-3-10(18)7-15(13)26-17)16(22)19-12-6-4-11(21(23)24)8-14(12)25-2/h3-9H,1-2H3,(H,19,22)/t9-/m1/s1. The molecule has 0 aliphatic rings. The Bertz CT molecular complexity index is 1020. The van der Waals surface area contributed by atoms with E-state index in [2.05, 4.69) is 10.3 Å². The van der Waals surface area contributed by atoms with Crippen LogP contribution in [-0.4, -0.2) is 28.2 Å². The predicted molar refractivity (Wildman–Crippen MR) is 103 cm³/mol. The molecule has 0 spiro atoms. The van der Waals surface area contributed by atoms with Gasteiger partial charge in [-0.15, -0.1) is 0 Å². The number of nitro groups is 1. The van der Waals surface area contributed by atoms with Gasteiger partial charge in [-0.25, -0.2) is 4.98 Å². The first-order valence-corrected chi connectivity index (χ1v) is 8.99. The highest BCUT2D eigenvalue weighted by Gasteiger charge is 2.20. The first kappa shape index (κ1) is 19.0. The van der Waals surface area contributed by atoms with Crippen molar-refractivity contribution in [2.75, 3.05) is 12.4 Å². The van der Waals surface area contributed by atoms with Gasteiger partial charge < -0.3 is 14.5 Å². The number of benzene rings is 2. The smallest absolute Gasteiger partial charge is 0.273 e. The SMILES string of the molecule is COc1cc([N+](=O)[O-])ccc1NC(=O)[C@@H](C)Sc1nc2ccc(Cl)cc2o1. The largest absolute Gasteiger partial charge is 0.494 e. The fraction of sp³-hybridized carbons (Fsp3) is 0.176. The molecule has 1 heterocycles. The maximum Gasteiger partial charge on any atom is 0.273 e. The van der Waals surface area contributed by atoms with E-state index in [1.807, 2.05) is 0 Å². The normalized spacial score (nSPS) is 12.0. The summed E-state index contributed by atoms with van der Waals surface area (Å²) in [5.74, 6) is -0.126. The van der Waals surface area contributed by atoms with Crippen LogP contribution in [0.5, 0.6) is 5.75 Å². The Kier molecular flexibility index (Phi) is 5.52. The lowest BCUT2D eigenvalue weighted by Crippen LogP contribution is -2.22. The number of non-ortho nitro benzene ring substituents is 1. The lowest BCUT2D eigenvalue weighted by atomic mass is 10.2. The second-order valence-electron chi connectivity index (χ2n) is 5.48. The number of nitrogens with zero attached hydrogens (tertiary/aromatic N) is 2. The molecule has 0 fully saturated rings. The number of nitrogens with one attached hydrogen (secondary N) is 1. The molecule has 1 atom stereocenters. The number of oxazole rings is 1. The van der Waals surface area contributed by atoms with Crippen LogP contribution in [0.3, 0.4) is 0 Å². The van der Waals surface area contributed by atoms with Crippen LogP contribution in [0.25, 0.3) is 11.1 Å². The fourth-order valence-electron chi connectivity index (χ4n) is 2.26. The number of hydrogen-bond donors (Lipinski definition) is 1. The topological polar surface area (TPSA) is 108 Å². The fourth-order valence-corrected chi connectivity index (χ4v) is 3.18. The number of fused-ring (bicyclic) bond motifs is 1. The second-order valence-corrected chi connectivity index (χ2v) is 7.21. The van der Waals surface area contributed by atoms with Crippen LogP contribution in [0.15, 0.2) is 46.0 Å². The number of aromatic nitrogens is 1. The zero-order chi connectivity index (χ0) is 19.6. The Hall–Kier alpha value is -2.78. The average Bonchev–Trinajstić information content (AvgIpc) is 3.02. The third-order valence-electron chi connectivity index (χ3n) is 3.63. The van der Waals surface area contributed by atoms with Crippen molar-refractivity contribution in [2.24, 2.45) is 0 Å². The van der Waals surface area contributed by atoms with Crippen LogP contribution >= 0.6 is 23.4 Å². The number of hydrogen-bond acceptors (Lipinski definition) is 7. The Balaban J connectivity index is 1.72. The molecule has 1 aromatic heterocycles. The summed E-state index contributed by atoms with van der Waals surface area (Å²) < 4.78 is 10.7. The number of halogens is 1. The van der Waals surface area contributed by atoms with Crippen molar-refractivity contribution in [1.29, 1.82) is 0 Å². The number of nitro benzene ring substituents is 1. The summed E-state index contributed by atoms with van der Waals surface area (Å²) in [6, 6.07) is 9.06. The molecule has 1 amide bonds. The van der Waals surface area contributed by atoms with Gasteiger partial charge in [0, 0.05) is 17.2 Å². The third kappa shape index (κ3) is 4.32. The maximum atomic E-state index is 12.5. The number of thioether (sulfide) groups is 1. The van der Waals surface area contributed by atoms with Crippen molar-refractivity contribution in [2.45, 2.75) is 17.4 Å². The molecule has 0 aliphatic heterocycles. The summed E-state index contributed by atoms with van der Waals surface area (Å²) in [6.07, 6.45) is 0. The highest BCUT2D eigenvalue weighted by molar-refractivity contribution is 8.00. The van der Waals surface area contributed by atoms with E-state index >= 15 is 0 Å². The quantitative estimate of drug-likeness (QED) is 0.363. The van der Waals surface area contributed by atoms with Gasteiger partial charge >= 0.3 is 0 Å². The molecule has 140 valence electrons. The summed E-state index contributed by atoms with van der Waals surface area (Å²) in [6.45, 7) is 1.69. The van der Waals surface area contributed by atoms with Gasteiger partial charge in [0.15, 0.2) is 5.58 Å². The minimum Gasteiger partial charge on any atom is -0.494 e. The average molecular weight is 408 g/mol. The Morgan fingerprint density at radius 3 is 2.85 bits per heavy atom. The van der Waals surface area contributed by atoms with Gasteiger partial charge in [-0.3, -0.25) is 14.9 Å². The molecule has 3 aromatic rings. The van der Waals surface area contributed by atoms with Crippen molar-refractivity contribution < 1.29 is 18.9 Å². The molecule has 0 bridgehead atoms. The van der Waals surface area contributed by atoms with Crippen LogP contribution in [-0.2, 0) is 4.79 Å². The minimum atomic E-state index is -0.536. The number of carbonyl (C=O) groups excluding carboxylic acids is 1. The molecule has 1 N–H and O–H groups in total. The molecule has 27 heavy (non-hydrogen) atoms. The minimum absolute atomic E-state index is 0.127. The number of methoxy groups -OCH3 is 1. The Morgan fingerprint density at radius 1 is 1.37 bits per heavy atom. The maximum absolute atomic E-state index is 12.5. The molecule has 2 aromatic carbocycles. The van der Waals surface area contributed by atoms with Gasteiger partial charge in [-0.2, -0.15) is 0 Å². The summed E-state index contributed by atoms with van der Waals surface area (Å²) in [5.41, 5.74) is 1.39. The summed E-state index contributed by atoms with van der Waals surface area (Å²) in [4.78, 5) is 27.1. The lowest BCUT2D eigenvalue weighted by Gasteiger charge is -2.12. The van der Waals surface area contributed by atoms with Crippen LogP contribution < -0.4 is 10.1 Å². The zero-order valence-corrected chi connectivity index (χ0v) is 15.8. The van der Waals surface area contributed by atoms with Gasteiger partial charge in [0.05, 0.1) is 29.0 Å². The molecule has 0 radical (unpaired) electrons. The van der Waals surface area contributed by atoms with Crippen molar-refractivity contribution in [3.63, 3.8) is 0 Å². The summed E-state index contributed by atoms with van der Waals surface area (Å²) >= 11 is 7.06. The van der Waals surface area contributed by atoms with Crippen molar-refractivity contribution in [3.05, 3.63) is 51.5 Å².